The monoisotopic (exact) mass is 237 g/mol. The minimum absolute atomic E-state index is 0.0799. The van der Waals surface area contributed by atoms with Crippen LogP contribution in [0.25, 0.3) is 0 Å². The third-order valence-electron chi connectivity index (χ3n) is 1.92. The van der Waals surface area contributed by atoms with Crippen LogP contribution >= 0.6 is 0 Å². The summed E-state index contributed by atoms with van der Waals surface area (Å²) in [6.07, 6.45) is 1.21. The van der Waals surface area contributed by atoms with Gasteiger partial charge in [-0.2, -0.15) is 0 Å². The van der Waals surface area contributed by atoms with E-state index in [2.05, 4.69) is 15.8 Å². The van der Waals surface area contributed by atoms with Crippen LogP contribution in [0.3, 0.4) is 0 Å². The third kappa shape index (κ3) is 5.31. The molecule has 5 nitrogen and oxygen atoms in total. The van der Waals surface area contributed by atoms with Crippen LogP contribution in [0.4, 0.5) is 4.79 Å². The first kappa shape index (κ1) is 13.4. The second kappa shape index (κ2) is 5.63. The number of pyridine rings is 1. The van der Waals surface area contributed by atoms with Gasteiger partial charge in [0.25, 0.3) is 0 Å². The molecule has 0 saturated carbocycles. The summed E-state index contributed by atoms with van der Waals surface area (Å²) in [5.74, 6) is 0. The zero-order valence-corrected chi connectivity index (χ0v) is 10.7. The predicted molar refractivity (Wildman–Crippen MR) is 65.2 cm³/mol. The van der Waals surface area contributed by atoms with Crippen molar-refractivity contribution in [3.63, 3.8) is 0 Å². The zero-order valence-electron chi connectivity index (χ0n) is 10.7. The van der Waals surface area contributed by atoms with E-state index in [-0.39, 0.29) is 6.04 Å². The molecule has 17 heavy (non-hydrogen) atoms. The highest BCUT2D eigenvalue weighted by Crippen LogP contribution is 2.08. The number of nitrogens with zero attached hydrogens (tertiary/aromatic N) is 1. The fourth-order valence-corrected chi connectivity index (χ4v) is 1.18. The molecule has 0 aliphatic carbocycles. The van der Waals surface area contributed by atoms with Crippen LogP contribution in [-0.2, 0) is 4.74 Å². The van der Waals surface area contributed by atoms with Crippen LogP contribution in [0.15, 0.2) is 24.4 Å². The third-order valence-corrected chi connectivity index (χ3v) is 1.92. The molecule has 1 heterocycles. The lowest BCUT2D eigenvalue weighted by Gasteiger charge is -2.21. The van der Waals surface area contributed by atoms with Crippen LogP contribution in [0.2, 0.25) is 0 Å². The molecule has 0 radical (unpaired) electrons. The number of carbonyl (C=O) groups excluding carboxylic acids is 1. The van der Waals surface area contributed by atoms with E-state index in [1.165, 1.54) is 0 Å². The normalized spacial score (nSPS) is 12.9. The van der Waals surface area contributed by atoms with Crippen molar-refractivity contribution >= 4 is 6.09 Å². The summed E-state index contributed by atoms with van der Waals surface area (Å²) in [5.41, 5.74) is 5.67. The molecular weight excluding hydrogens is 218 g/mol. The molecule has 0 saturated heterocycles. The SMILES string of the molecule is C[C@H](NNC(=O)OC(C)(C)C)c1ccccn1. The van der Waals surface area contributed by atoms with Crippen molar-refractivity contribution in [1.29, 1.82) is 0 Å². The summed E-state index contributed by atoms with van der Waals surface area (Å²) < 4.78 is 5.09. The van der Waals surface area contributed by atoms with Crippen molar-refractivity contribution in [2.45, 2.75) is 39.3 Å². The summed E-state index contributed by atoms with van der Waals surface area (Å²) in [6, 6.07) is 5.55. The first-order valence-corrected chi connectivity index (χ1v) is 5.54. The molecule has 2 N–H and O–H groups in total. The van der Waals surface area contributed by atoms with Gasteiger partial charge in [0.05, 0.1) is 11.7 Å². The molecule has 0 spiro atoms. The minimum Gasteiger partial charge on any atom is -0.443 e. The summed E-state index contributed by atoms with van der Waals surface area (Å²) in [4.78, 5) is 15.6. The highest BCUT2D eigenvalue weighted by Gasteiger charge is 2.16. The standard InChI is InChI=1S/C12H19N3O2/c1-9(10-7-5-6-8-13-10)14-15-11(16)17-12(2,3)4/h5-9,14H,1-4H3,(H,15,16)/t9-/m0/s1. The van der Waals surface area contributed by atoms with E-state index in [4.69, 9.17) is 4.74 Å². The molecule has 94 valence electrons. The molecule has 0 fully saturated rings. The van der Waals surface area contributed by atoms with E-state index >= 15 is 0 Å². The number of carbonyl (C=O) groups is 1. The number of hydrazine groups is 1. The number of hydrogen-bond donors (Lipinski definition) is 2. The van der Waals surface area contributed by atoms with Gasteiger partial charge in [0, 0.05) is 6.20 Å². The fraction of sp³-hybridized carbons (Fsp3) is 0.500. The van der Waals surface area contributed by atoms with Crippen LogP contribution in [0.1, 0.15) is 39.4 Å². The maximum absolute atomic E-state index is 11.4. The van der Waals surface area contributed by atoms with Crippen LogP contribution in [0.5, 0.6) is 0 Å². The number of aromatic nitrogens is 1. The molecule has 1 atom stereocenters. The Hall–Kier alpha value is -1.62. The largest absolute Gasteiger partial charge is 0.443 e. The molecule has 1 aromatic heterocycles. The van der Waals surface area contributed by atoms with Crippen molar-refractivity contribution in [3.05, 3.63) is 30.1 Å². The van der Waals surface area contributed by atoms with Crippen molar-refractivity contribution in [2.24, 2.45) is 0 Å². The van der Waals surface area contributed by atoms with Gasteiger partial charge in [0.1, 0.15) is 5.60 Å². The van der Waals surface area contributed by atoms with Crippen LogP contribution in [0, 0.1) is 0 Å². The Balaban J connectivity index is 2.39. The van der Waals surface area contributed by atoms with Crippen LogP contribution < -0.4 is 10.9 Å². The predicted octanol–water partition coefficient (Wildman–Crippen LogP) is 2.17. The lowest BCUT2D eigenvalue weighted by molar-refractivity contribution is 0.0489. The number of ether oxygens (including phenoxy) is 1. The van der Waals surface area contributed by atoms with Crippen molar-refractivity contribution < 1.29 is 9.53 Å². The quantitative estimate of drug-likeness (QED) is 0.791. The molecular formula is C12H19N3O2. The average Bonchev–Trinajstić information content (AvgIpc) is 2.25. The molecule has 0 aromatic carbocycles. The van der Waals surface area contributed by atoms with Gasteiger partial charge in [-0.3, -0.25) is 10.4 Å². The average molecular weight is 237 g/mol. The Morgan fingerprint density at radius 3 is 2.65 bits per heavy atom. The van der Waals surface area contributed by atoms with E-state index in [1.807, 2.05) is 45.9 Å². The van der Waals surface area contributed by atoms with Gasteiger partial charge in [-0.1, -0.05) is 6.07 Å². The maximum atomic E-state index is 11.4. The number of nitrogens with one attached hydrogen (secondary N) is 2. The van der Waals surface area contributed by atoms with E-state index in [9.17, 15) is 4.79 Å². The zero-order chi connectivity index (χ0) is 12.9. The highest BCUT2D eigenvalue weighted by molar-refractivity contribution is 5.67. The molecule has 0 aliphatic rings. The Morgan fingerprint density at radius 1 is 1.41 bits per heavy atom. The highest BCUT2D eigenvalue weighted by atomic mass is 16.6. The number of hydrogen-bond acceptors (Lipinski definition) is 4. The Morgan fingerprint density at radius 2 is 2.12 bits per heavy atom. The molecule has 5 heteroatoms. The molecule has 0 aliphatic heterocycles. The van der Waals surface area contributed by atoms with Gasteiger partial charge in [0.2, 0.25) is 0 Å². The lowest BCUT2D eigenvalue weighted by Crippen LogP contribution is -2.42. The van der Waals surface area contributed by atoms with Crippen LogP contribution in [-0.4, -0.2) is 16.7 Å². The van der Waals surface area contributed by atoms with Gasteiger partial charge in [-0.15, -0.1) is 0 Å². The van der Waals surface area contributed by atoms with E-state index in [1.54, 1.807) is 6.20 Å². The second-order valence-corrected chi connectivity index (χ2v) is 4.75. The van der Waals surface area contributed by atoms with Gasteiger partial charge in [-0.25, -0.2) is 10.2 Å². The minimum atomic E-state index is -0.500. The van der Waals surface area contributed by atoms with E-state index in [0.717, 1.165) is 5.69 Å². The Bertz CT molecular complexity index is 360. The van der Waals surface area contributed by atoms with Gasteiger partial charge >= 0.3 is 6.09 Å². The molecule has 0 unspecified atom stereocenters. The summed E-state index contributed by atoms with van der Waals surface area (Å²) in [6.45, 7) is 7.35. The van der Waals surface area contributed by atoms with Crippen molar-refractivity contribution in [1.82, 2.24) is 15.8 Å². The Labute approximate surface area is 102 Å². The topological polar surface area (TPSA) is 63.2 Å². The number of rotatable bonds is 3. The summed E-state index contributed by atoms with van der Waals surface area (Å²) in [7, 11) is 0. The summed E-state index contributed by atoms with van der Waals surface area (Å²) >= 11 is 0. The molecule has 0 bridgehead atoms. The van der Waals surface area contributed by atoms with Gasteiger partial charge < -0.3 is 4.74 Å². The summed E-state index contributed by atoms with van der Waals surface area (Å²) in [5, 5.41) is 0. The second-order valence-electron chi connectivity index (χ2n) is 4.75. The first-order chi connectivity index (χ1) is 7.88. The molecule has 1 aromatic rings. The van der Waals surface area contributed by atoms with Crippen molar-refractivity contribution in [3.8, 4) is 0 Å². The number of amides is 1. The molecule has 1 amide bonds. The maximum Gasteiger partial charge on any atom is 0.422 e. The Kier molecular flexibility index (Phi) is 4.45. The lowest BCUT2D eigenvalue weighted by atomic mass is 10.2. The first-order valence-electron chi connectivity index (χ1n) is 5.54. The van der Waals surface area contributed by atoms with Gasteiger partial charge in [0.15, 0.2) is 0 Å². The van der Waals surface area contributed by atoms with E-state index in [0.29, 0.717) is 0 Å². The van der Waals surface area contributed by atoms with E-state index < -0.39 is 11.7 Å². The fourth-order valence-electron chi connectivity index (χ4n) is 1.18. The molecule has 1 rings (SSSR count). The van der Waals surface area contributed by atoms with Gasteiger partial charge in [-0.05, 0) is 39.8 Å². The smallest absolute Gasteiger partial charge is 0.422 e. The van der Waals surface area contributed by atoms with Crippen molar-refractivity contribution in [2.75, 3.05) is 0 Å².